The number of hydrogen-bond acceptors (Lipinski definition) is 3. The number of nitrogens with zero attached hydrogens (tertiary/aromatic N) is 2. The number of carbonyl (C=O) groups is 1. The van der Waals surface area contributed by atoms with Crippen molar-refractivity contribution in [3.63, 3.8) is 0 Å². The molecule has 4 nitrogen and oxygen atoms in total. The summed E-state index contributed by atoms with van der Waals surface area (Å²) in [7, 11) is 1.86. The Morgan fingerprint density at radius 3 is 2.37 bits per heavy atom. The topological polar surface area (TPSA) is 32.8 Å². The SMILES string of the molecule is CCCCN1CCC(N(C)C(=O)OC(C)(C)C)CC1. The zero-order valence-corrected chi connectivity index (χ0v) is 13.2. The van der Waals surface area contributed by atoms with E-state index in [9.17, 15) is 4.79 Å². The Morgan fingerprint density at radius 2 is 1.89 bits per heavy atom. The van der Waals surface area contributed by atoms with Gasteiger partial charge in [0.25, 0.3) is 0 Å². The van der Waals surface area contributed by atoms with Gasteiger partial charge in [0.15, 0.2) is 0 Å². The molecule has 1 aliphatic rings. The van der Waals surface area contributed by atoms with E-state index in [1.54, 1.807) is 4.90 Å². The van der Waals surface area contributed by atoms with Gasteiger partial charge in [-0.25, -0.2) is 4.79 Å². The van der Waals surface area contributed by atoms with Gasteiger partial charge in [0, 0.05) is 26.2 Å². The molecule has 0 bridgehead atoms. The Hall–Kier alpha value is -0.770. The van der Waals surface area contributed by atoms with E-state index in [4.69, 9.17) is 4.74 Å². The number of hydrogen-bond donors (Lipinski definition) is 0. The molecule has 1 amide bonds. The van der Waals surface area contributed by atoms with Gasteiger partial charge in [0.1, 0.15) is 5.60 Å². The minimum Gasteiger partial charge on any atom is -0.444 e. The smallest absolute Gasteiger partial charge is 0.410 e. The van der Waals surface area contributed by atoms with Gasteiger partial charge in [-0.2, -0.15) is 0 Å². The van der Waals surface area contributed by atoms with Crippen LogP contribution in [-0.2, 0) is 4.74 Å². The largest absolute Gasteiger partial charge is 0.444 e. The van der Waals surface area contributed by atoms with Gasteiger partial charge >= 0.3 is 6.09 Å². The van der Waals surface area contributed by atoms with Crippen LogP contribution in [0, 0.1) is 0 Å². The lowest BCUT2D eigenvalue weighted by molar-refractivity contribution is 0.0152. The summed E-state index contributed by atoms with van der Waals surface area (Å²) in [5, 5.41) is 0. The summed E-state index contributed by atoms with van der Waals surface area (Å²) in [6.45, 7) is 11.3. The highest BCUT2D eigenvalue weighted by atomic mass is 16.6. The van der Waals surface area contributed by atoms with E-state index in [-0.39, 0.29) is 6.09 Å². The minimum absolute atomic E-state index is 0.195. The molecule has 1 heterocycles. The second-order valence-electron chi connectivity index (χ2n) is 6.52. The summed E-state index contributed by atoms with van der Waals surface area (Å²) in [6.07, 6.45) is 4.43. The van der Waals surface area contributed by atoms with Gasteiger partial charge < -0.3 is 14.5 Å². The van der Waals surface area contributed by atoms with Gasteiger partial charge in [-0.3, -0.25) is 0 Å². The number of unbranched alkanes of at least 4 members (excludes halogenated alkanes) is 1. The summed E-state index contributed by atoms with van der Waals surface area (Å²) in [5.41, 5.74) is -0.410. The van der Waals surface area contributed by atoms with Crippen LogP contribution in [0.25, 0.3) is 0 Å². The second kappa shape index (κ2) is 7.13. The maximum atomic E-state index is 12.0. The quantitative estimate of drug-likeness (QED) is 0.787. The fraction of sp³-hybridized carbons (Fsp3) is 0.933. The van der Waals surface area contributed by atoms with Crippen molar-refractivity contribution in [2.45, 2.75) is 65.0 Å². The molecule has 0 N–H and O–H groups in total. The number of ether oxygens (including phenoxy) is 1. The molecule has 0 atom stereocenters. The summed E-state index contributed by atoms with van der Waals surface area (Å²) < 4.78 is 5.42. The zero-order valence-electron chi connectivity index (χ0n) is 13.2. The van der Waals surface area contributed by atoms with Crippen LogP contribution in [0.1, 0.15) is 53.4 Å². The standard InChI is InChI=1S/C15H30N2O2/c1-6-7-10-17-11-8-13(9-12-17)16(5)14(18)19-15(2,3)4/h13H,6-12H2,1-5H3. The van der Waals surface area contributed by atoms with Gasteiger partial charge in [0.05, 0.1) is 0 Å². The Bertz CT molecular complexity index is 278. The first-order valence-corrected chi connectivity index (χ1v) is 7.51. The van der Waals surface area contributed by atoms with Gasteiger partial charge in [-0.05, 0) is 46.6 Å². The Balaban J connectivity index is 2.36. The van der Waals surface area contributed by atoms with Crippen LogP contribution >= 0.6 is 0 Å². The Labute approximate surface area is 118 Å². The molecule has 19 heavy (non-hydrogen) atoms. The number of rotatable bonds is 4. The molecule has 0 aromatic rings. The molecular weight excluding hydrogens is 240 g/mol. The molecule has 0 aliphatic carbocycles. The first-order valence-electron chi connectivity index (χ1n) is 7.51. The average Bonchev–Trinajstić information content (AvgIpc) is 2.34. The van der Waals surface area contributed by atoms with E-state index in [0.717, 1.165) is 25.9 Å². The lowest BCUT2D eigenvalue weighted by Gasteiger charge is -2.37. The normalized spacial score (nSPS) is 18.4. The molecule has 0 aromatic heterocycles. The highest BCUT2D eigenvalue weighted by Gasteiger charge is 2.28. The predicted molar refractivity (Wildman–Crippen MR) is 78.4 cm³/mol. The van der Waals surface area contributed by atoms with E-state index in [1.165, 1.54) is 19.4 Å². The average molecular weight is 270 g/mol. The third-order valence-corrected chi connectivity index (χ3v) is 3.61. The van der Waals surface area contributed by atoms with E-state index in [2.05, 4.69) is 11.8 Å². The molecule has 0 unspecified atom stereocenters. The molecule has 1 fully saturated rings. The van der Waals surface area contributed by atoms with Gasteiger partial charge in [-0.1, -0.05) is 13.3 Å². The molecule has 0 aromatic carbocycles. The van der Waals surface area contributed by atoms with Crippen molar-refractivity contribution in [3.05, 3.63) is 0 Å². The third kappa shape index (κ3) is 5.81. The number of amides is 1. The minimum atomic E-state index is -0.410. The molecule has 0 radical (unpaired) electrons. The van der Waals surface area contributed by atoms with Crippen molar-refractivity contribution in [2.75, 3.05) is 26.7 Å². The van der Waals surface area contributed by atoms with Crippen molar-refractivity contribution in [1.82, 2.24) is 9.80 Å². The highest BCUT2D eigenvalue weighted by Crippen LogP contribution is 2.18. The number of carbonyl (C=O) groups excluding carboxylic acids is 1. The maximum absolute atomic E-state index is 12.0. The fourth-order valence-electron chi connectivity index (χ4n) is 2.39. The van der Waals surface area contributed by atoms with Crippen LogP contribution in [0.5, 0.6) is 0 Å². The molecule has 1 saturated heterocycles. The molecule has 0 spiro atoms. The van der Waals surface area contributed by atoms with Crippen LogP contribution in [0.2, 0.25) is 0 Å². The summed E-state index contributed by atoms with van der Waals surface area (Å²) in [4.78, 5) is 16.3. The second-order valence-corrected chi connectivity index (χ2v) is 6.52. The molecule has 4 heteroatoms. The third-order valence-electron chi connectivity index (χ3n) is 3.61. The van der Waals surface area contributed by atoms with Crippen LogP contribution in [-0.4, -0.2) is 54.2 Å². The lowest BCUT2D eigenvalue weighted by atomic mass is 10.0. The predicted octanol–water partition coefficient (Wildman–Crippen LogP) is 3.12. The van der Waals surface area contributed by atoms with Gasteiger partial charge in [0.2, 0.25) is 0 Å². The Morgan fingerprint density at radius 1 is 1.32 bits per heavy atom. The summed E-state index contributed by atoms with van der Waals surface area (Å²) in [5.74, 6) is 0. The van der Waals surface area contributed by atoms with Crippen molar-refractivity contribution in [2.24, 2.45) is 0 Å². The van der Waals surface area contributed by atoms with Crippen molar-refractivity contribution < 1.29 is 9.53 Å². The van der Waals surface area contributed by atoms with E-state index in [0.29, 0.717) is 6.04 Å². The number of piperidine rings is 1. The van der Waals surface area contributed by atoms with Gasteiger partial charge in [-0.15, -0.1) is 0 Å². The Kier molecular flexibility index (Phi) is 6.11. The summed E-state index contributed by atoms with van der Waals surface area (Å²) >= 11 is 0. The molecule has 112 valence electrons. The first kappa shape index (κ1) is 16.3. The zero-order chi connectivity index (χ0) is 14.5. The fourth-order valence-corrected chi connectivity index (χ4v) is 2.39. The molecular formula is C15H30N2O2. The van der Waals surface area contributed by atoms with Crippen LogP contribution in [0.4, 0.5) is 4.79 Å². The van der Waals surface area contributed by atoms with E-state index in [1.807, 2.05) is 27.8 Å². The summed E-state index contributed by atoms with van der Waals surface area (Å²) in [6, 6.07) is 0.327. The molecule has 0 saturated carbocycles. The lowest BCUT2D eigenvalue weighted by Crippen LogP contribution is -2.47. The highest BCUT2D eigenvalue weighted by molar-refractivity contribution is 5.68. The maximum Gasteiger partial charge on any atom is 0.410 e. The van der Waals surface area contributed by atoms with Crippen LogP contribution in [0.3, 0.4) is 0 Å². The molecule has 1 aliphatic heterocycles. The van der Waals surface area contributed by atoms with Crippen LogP contribution < -0.4 is 0 Å². The first-order chi connectivity index (χ1) is 8.83. The van der Waals surface area contributed by atoms with E-state index < -0.39 is 5.60 Å². The van der Waals surface area contributed by atoms with Crippen molar-refractivity contribution in [1.29, 1.82) is 0 Å². The molecule has 1 rings (SSSR count). The monoisotopic (exact) mass is 270 g/mol. The van der Waals surface area contributed by atoms with Crippen LogP contribution in [0.15, 0.2) is 0 Å². The van der Waals surface area contributed by atoms with Crippen molar-refractivity contribution in [3.8, 4) is 0 Å². The van der Waals surface area contributed by atoms with Crippen molar-refractivity contribution >= 4 is 6.09 Å². The number of likely N-dealkylation sites (tertiary alicyclic amines) is 1. The van der Waals surface area contributed by atoms with E-state index >= 15 is 0 Å².